The summed E-state index contributed by atoms with van der Waals surface area (Å²) >= 11 is 0. The number of benzene rings is 10. The van der Waals surface area contributed by atoms with E-state index in [2.05, 4.69) is 51.1 Å². The van der Waals surface area contributed by atoms with Crippen molar-refractivity contribution in [1.29, 1.82) is 0 Å². The standard InChI is InChI=1S/C52H34N12O32S9/c53-44-37(20-38(99(76,77)78)31-19-42(103(88,89)90)47(50(67)43(31)44)63-57-34-10-3-22(64(68)69)15-39(34)100(79,80)81)60-58-35-11-8-26-29(51(35)104(91,92)93)17-41(102(85,86)87)46(49(26)66)62-59-36-12-9-27-30(52(36)105(94,95)96)18-40(101(82,83)84)45(48(27)65)61-56-33-14-13-32(25-7-6-24(16-28(25)33)98(73,74)75)55-54-21-1-4-23(5-2-21)97(70,71)72/h1-20,65-67H,53H2,(H,70,71,72)(H,73,74,75)(H,76,77,78)(H,79,80,81)(H,82,83,84)(H,85,86,87)(H,88,89,90)(H,91,92,93)(H,94,95,96). The van der Waals surface area contributed by atoms with Gasteiger partial charge in [0.1, 0.15) is 74.1 Å². The van der Waals surface area contributed by atoms with Crippen LogP contribution in [0.4, 0.5) is 68.2 Å². The Hall–Kier alpha value is -11.0. The van der Waals surface area contributed by atoms with E-state index < -0.39 is 246 Å². The molecule has 10 rings (SSSR count). The molecule has 0 heterocycles. The SMILES string of the molecule is Nc1c(N=Nc2ccc3c(O)c(N=Nc4ccc5c(O)c(N=Nc6ccc(N=Nc7ccc(S(=O)(=O)O)cc7)c7ccc(S(=O)(=O)O)cc67)c(S(=O)(=O)O)cc5c4S(=O)(=O)O)c(S(=O)(=O)O)cc3c2S(=O)(=O)O)cc(S(=O)(=O)O)c2cc(S(=O)(=O)O)c(N=Nc3ccc([N+](=O)[O-])cc3S(=O)(=O)O)c(O)c12. The molecule has 0 fully saturated rings. The first-order chi connectivity index (χ1) is 48.3. The van der Waals surface area contributed by atoms with Gasteiger partial charge in [0.2, 0.25) is 0 Å². The quantitative estimate of drug-likeness (QED) is 0.0111. The van der Waals surface area contributed by atoms with E-state index in [1.165, 1.54) is 6.07 Å². The van der Waals surface area contributed by atoms with Crippen LogP contribution in [0.1, 0.15) is 0 Å². The molecule has 0 aromatic heterocycles. The monoisotopic (exact) mass is 1630 g/mol. The minimum atomic E-state index is -5.93. The molecule has 10 aromatic rings. The van der Waals surface area contributed by atoms with Crippen molar-refractivity contribution >= 4 is 202 Å². The molecule has 14 N–H and O–H groups in total. The fourth-order valence-electron chi connectivity index (χ4n) is 9.90. The number of azo groups is 5. The third kappa shape index (κ3) is 15.5. The number of non-ortho nitro benzene ring substituents is 1. The van der Waals surface area contributed by atoms with Crippen LogP contribution in [-0.2, 0) is 91.1 Å². The Morgan fingerprint density at radius 2 is 0.657 bits per heavy atom. The van der Waals surface area contributed by atoms with Crippen LogP contribution in [0.25, 0.3) is 43.1 Å². The molecule has 0 spiro atoms. The van der Waals surface area contributed by atoms with E-state index in [4.69, 9.17) is 5.73 Å². The van der Waals surface area contributed by atoms with Crippen LogP contribution in [0.3, 0.4) is 0 Å². The first-order valence-corrected chi connectivity index (χ1v) is 39.8. The van der Waals surface area contributed by atoms with E-state index in [-0.39, 0.29) is 52.5 Å². The van der Waals surface area contributed by atoms with Crippen molar-refractivity contribution in [3.63, 3.8) is 0 Å². The summed E-state index contributed by atoms with van der Waals surface area (Å²) in [4.78, 5) is -1.77. The summed E-state index contributed by atoms with van der Waals surface area (Å²) in [6.07, 6.45) is 0. The summed E-state index contributed by atoms with van der Waals surface area (Å²) < 4.78 is 320. The summed E-state index contributed by atoms with van der Waals surface area (Å²) in [5.74, 6) is -4.55. The second kappa shape index (κ2) is 26.6. The van der Waals surface area contributed by atoms with Gasteiger partial charge >= 0.3 is 0 Å². The van der Waals surface area contributed by atoms with E-state index in [1.807, 2.05) is 0 Å². The van der Waals surface area contributed by atoms with Gasteiger partial charge in [0.25, 0.3) is 96.8 Å². The summed E-state index contributed by atoms with van der Waals surface area (Å²) in [7, 11) is -50.0. The predicted octanol–water partition coefficient (Wildman–Crippen LogP) is 10.2. The van der Waals surface area contributed by atoms with Gasteiger partial charge in [-0.1, -0.05) is 6.07 Å². The van der Waals surface area contributed by atoms with E-state index in [0.29, 0.717) is 36.4 Å². The minimum Gasteiger partial charge on any atom is -0.505 e. The number of nitrogen functional groups attached to an aromatic ring is 1. The average Bonchev–Trinajstić information content (AvgIpc) is 0.740. The molecule has 0 atom stereocenters. The normalized spacial score (nSPS) is 13.5. The number of phenolic OH excluding ortho intramolecular Hbond substituents is 3. The zero-order chi connectivity index (χ0) is 77.8. The van der Waals surface area contributed by atoms with Crippen molar-refractivity contribution in [3.8, 4) is 17.2 Å². The molecule has 105 heavy (non-hydrogen) atoms. The zero-order valence-corrected chi connectivity index (χ0v) is 57.6. The summed E-state index contributed by atoms with van der Waals surface area (Å²) in [5.41, 5.74) is -4.83. The fourth-order valence-corrected chi connectivity index (χ4v) is 15.8. The Balaban J connectivity index is 1.08. The summed E-state index contributed by atoms with van der Waals surface area (Å²) in [6.45, 7) is 0. The zero-order valence-electron chi connectivity index (χ0n) is 50.2. The van der Waals surface area contributed by atoms with Gasteiger partial charge in [0, 0.05) is 49.8 Å². The second-order valence-electron chi connectivity index (χ2n) is 21.0. The molecule has 53 heteroatoms. The average molecular weight is 1630 g/mol. The highest BCUT2D eigenvalue weighted by Gasteiger charge is 2.34. The third-order valence-electron chi connectivity index (χ3n) is 14.4. The van der Waals surface area contributed by atoms with Crippen LogP contribution in [0.15, 0.2) is 217 Å². The molecule has 0 unspecified atom stereocenters. The van der Waals surface area contributed by atoms with Crippen LogP contribution >= 0.6 is 0 Å². The molecule has 0 aliphatic carbocycles. The number of fused-ring (bicyclic) bond motifs is 4. The lowest BCUT2D eigenvalue weighted by Gasteiger charge is -2.15. The lowest BCUT2D eigenvalue weighted by Crippen LogP contribution is -2.04. The molecule has 0 amide bonds. The maximum Gasteiger partial charge on any atom is 0.297 e. The van der Waals surface area contributed by atoms with Gasteiger partial charge in [-0.05, 0) is 103 Å². The molecule has 44 nitrogen and oxygen atoms in total. The Morgan fingerprint density at radius 3 is 1.10 bits per heavy atom. The first kappa shape index (κ1) is 76.7. The van der Waals surface area contributed by atoms with Crippen LogP contribution < -0.4 is 5.73 Å². The number of nitro benzene ring substituents is 1. The lowest BCUT2D eigenvalue weighted by molar-refractivity contribution is -0.385. The van der Waals surface area contributed by atoms with Crippen LogP contribution in [0.5, 0.6) is 17.2 Å². The maximum absolute atomic E-state index is 13.3. The molecular formula is C52H34N12O32S9. The van der Waals surface area contributed by atoms with Crippen LogP contribution in [0.2, 0.25) is 0 Å². The molecule has 10 aromatic carbocycles. The fraction of sp³-hybridized carbons (Fsp3) is 0. The van der Waals surface area contributed by atoms with E-state index in [9.17, 15) is 142 Å². The number of nitro groups is 1. The number of rotatable bonds is 20. The summed E-state index contributed by atoms with van der Waals surface area (Å²) in [5, 5.41) is 76.4. The number of anilines is 1. The molecule has 0 aliphatic rings. The molecule has 0 aliphatic heterocycles. The van der Waals surface area contributed by atoms with Gasteiger partial charge < -0.3 is 21.1 Å². The number of nitrogens with two attached hydrogens (primary N) is 1. The van der Waals surface area contributed by atoms with Crippen molar-refractivity contribution in [2.45, 2.75) is 44.1 Å². The highest BCUT2D eigenvalue weighted by molar-refractivity contribution is 7.88. The van der Waals surface area contributed by atoms with Crippen LogP contribution in [-0.4, -0.2) is 137 Å². The highest BCUT2D eigenvalue weighted by Crippen LogP contribution is 2.52. The van der Waals surface area contributed by atoms with Crippen molar-refractivity contribution in [3.05, 3.63) is 131 Å². The highest BCUT2D eigenvalue weighted by atomic mass is 32.3. The third-order valence-corrected chi connectivity index (χ3v) is 22.4. The van der Waals surface area contributed by atoms with Gasteiger partial charge in [0.05, 0.1) is 42.9 Å². The Labute approximate surface area is 585 Å². The van der Waals surface area contributed by atoms with Gasteiger partial charge in [0.15, 0.2) is 17.2 Å². The van der Waals surface area contributed by atoms with Crippen molar-refractivity contribution in [1.82, 2.24) is 0 Å². The van der Waals surface area contributed by atoms with Gasteiger partial charge in [-0.3, -0.25) is 51.1 Å². The molecule has 0 saturated heterocycles. The van der Waals surface area contributed by atoms with E-state index in [0.717, 1.165) is 48.5 Å². The number of phenols is 3. The first-order valence-electron chi connectivity index (χ1n) is 26.9. The van der Waals surface area contributed by atoms with Gasteiger partial charge in [-0.15, -0.1) is 46.0 Å². The number of nitrogens with zero attached hydrogens (tertiary/aromatic N) is 11. The maximum atomic E-state index is 13.3. The lowest BCUT2D eigenvalue weighted by atomic mass is 10.0. The topological polar surface area (TPSA) is 743 Å². The molecular weight excluding hydrogens is 1590 g/mol. The predicted molar refractivity (Wildman–Crippen MR) is 354 cm³/mol. The van der Waals surface area contributed by atoms with Crippen molar-refractivity contribution < 1.29 is 137 Å². The number of hydrogen-bond donors (Lipinski definition) is 13. The smallest absolute Gasteiger partial charge is 0.297 e. The van der Waals surface area contributed by atoms with Gasteiger partial charge in [-0.2, -0.15) is 80.9 Å². The minimum absolute atomic E-state index is 0.0157. The molecule has 0 radical (unpaired) electrons. The second-order valence-corrected chi connectivity index (χ2v) is 33.5. The number of aromatic hydroxyl groups is 3. The molecule has 0 bridgehead atoms. The Kier molecular flexibility index (Phi) is 19.4. The van der Waals surface area contributed by atoms with Crippen molar-refractivity contribution in [2.24, 2.45) is 51.1 Å². The van der Waals surface area contributed by atoms with Gasteiger partial charge in [-0.25, -0.2) is 0 Å². The molecule has 548 valence electrons. The largest absolute Gasteiger partial charge is 0.505 e. The summed E-state index contributed by atoms with van der Waals surface area (Å²) in [6, 6.07) is 14.1. The van der Waals surface area contributed by atoms with E-state index in [1.54, 1.807) is 0 Å². The van der Waals surface area contributed by atoms with Crippen LogP contribution in [0, 0.1) is 10.1 Å². The molecule has 0 saturated carbocycles. The Morgan fingerprint density at radius 1 is 0.295 bits per heavy atom. The van der Waals surface area contributed by atoms with E-state index >= 15 is 0 Å². The van der Waals surface area contributed by atoms with Crippen molar-refractivity contribution in [2.75, 3.05) is 5.73 Å². The Bertz CT molecular complexity index is 6870. The number of hydrogen-bond acceptors (Lipinski definition) is 34.